The number of fused-ring (bicyclic) bond motifs is 1. The van der Waals surface area contributed by atoms with Gasteiger partial charge in [0.25, 0.3) is 0 Å². The lowest BCUT2D eigenvalue weighted by Gasteiger charge is -2.12. The summed E-state index contributed by atoms with van der Waals surface area (Å²) >= 11 is 6.50. The number of nitrogens with one attached hydrogen (secondary N) is 2. The summed E-state index contributed by atoms with van der Waals surface area (Å²) in [5, 5.41) is 8.18. The van der Waals surface area contributed by atoms with Gasteiger partial charge in [-0.3, -0.25) is 0 Å². The molecule has 2 aromatic heterocycles. The first-order valence-electron chi connectivity index (χ1n) is 12.7. The number of nitrogens with zero attached hydrogens (tertiary/aromatic N) is 3. The van der Waals surface area contributed by atoms with E-state index in [2.05, 4.69) is 55.8 Å². The molecular formula is C30H27ClFN5O. The maximum Gasteiger partial charge on any atom is 0.141 e. The Labute approximate surface area is 225 Å². The number of ether oxygens (including phenoxy) is 1. The molecule has 2 N–H and O–H groups in total. The van der Waals surface area contributed by atoms with Crippen LogP contribution in [0.1, 0.15) is 12.0 Å². The van der Waals surface area contributed by atoms with Crippen LogP contribution < -0.4 is 15.4 Å². The van der Waals surface area contributed by atoms with Gasteiger partial charge in [0.15, 0.2) is 0 Å². The van der Waals surface area contributed by atoms with E-state index >= 15 is 0 Å². The lowest BCUT2D eigenvalue weighted by atomic mass is 10.1. The summed E-state index contributed by atoms with van der Waals surface area (Å²) in [4.78, 5) is 8.95. The minimum absolute atomic E-state index is 0.225. The van der Waals surface area contributed by atoms with Crippen molar-refractivity contribution in [2.45, 2.75) is 19.6 Å². The predicted molar refractivity (Wildman–Crippen MR) is 149 cm³/mol. The van der Waals surface area contributed by atoms with Gasteiger partial charge in [-0.25, -0.2) is 14.4 Å². The monoisotopic (exact) mass is 527 g/mol. The summed E-state index contributed by atoms with van der Waals surface area (Å²) in [5.41, 5.74) is 4.63. The highest BCUT2D eigenvalue weighted by Crippen LogP contribution is 2.32. The van der Waals surface area contributed by atoms with Crippen molar-refractivity contribution in [1.82, 2.24) is 19.9 Å². The molecule has 1 fully saturated rings. The first-order valence-corrected chi connectivity index (χ1v) is 13.0. The Morgan fingerprint density at radius 1 is 1.05 bits per heavy atom. The van der Waals surface area contributed by atoms with Gasteiger partial charge in [-0.05, 0) is 90.6 Å². The van der Waals surface area contributed by atoms with Crippen molar-refractivity contribution in [1.29, 1.82) is 0 Å². The number of rotatable bonds is 8. The molecule has 192 valence electrons. The second-order valence-corrected chi connectivity index (χ2v) is 10.0. The molecule has 3 heterocycles. The number of anilines is 2. The molecule has 0 amide bonds. The first-order chi connectivity index (χ1) is 18.6. The summed E-state index contributed by atoms with van der Waals surface area (Å²) in [6, 6.07) is 20.2. The molecule has 0 spiro atoms. The van der Waals surface area contributed by atoms with E-state index in [0.29, 0.717) is 22.5 Å². The summed E-state index contributed by atoms with van der Waals surface area (Å²) in [6.45, 7) is 3.44. The molecule has 8 heteroatoms. The van der Waals surface area contributed by atoms with Crippen LogP contribution in [0.3, 0.4) is 0 Å². The Kier molecular flexibility index (Phi) is 6.94. The van der Waals surface area contributed by atoms with Crippen molar-refractivity contribution in [2.75, 3.05) is 18.4 Å². The molecule has 0 radical (unpaired) electrons. The molecule has 6 rings (SSSR count). The van der Waals surface area contributed by atoms with Gasteiger partial charge in [0, 0.05) is 30.0 Å². The lowest BCUT2D eigenvalue weighted by Crippen LogP contribution is -2.13. The van der Waals surface area contributed by atoms with E-state index in [-0.39, 0.29) is 12.4 Å². The Morgan fingerprint density at radius 3 is 2.84 bits per heavy atom. The van der Waals surface area contributed by atoms with Crippen molar-refractivity contribution in [3.8, 4) is 16.9 Å². The van der Waals surface area contributed by atoms with Crippen LogP contribution in [0.25, 0.3) is 22.0 Å². The van der Waals surface area contributed by atoms with Crippen LogP contribution in [-0.2, 0) is 13.2 Å². The fourth-order valence-corrected chi connectivity index (χ4v) is 5.08. The van der Waals surface area contributed by atoms with Gasteiger partial charge in [0.2, 0.25) is 0 Å². The Balaban J connectivity index is 1.20. The topological polar surface area (TPSA) is 64.0 Å². The van der Waals surface area contributed by atoms with Crippen molar-refractivity contribution >= 4 is 34.0 Å². The second kappa shape index (κ2) is 10.8. The van der Waals surface area contributed by atoms with Crippen LogP contribution in [0.5, 0.6) is 5.75 Å². The van der Waals surface area contributed by atoms with E-state index in [1.807, 2.05) is 18.2 Å². The summed E-state index contributed by atoms with van der Waals surface area (Å²) in [7, 11) is 0. The predicted octanol–water partition coefficient (Wildman–Crippen LogP) is 6.82. The molecule has 6 nitrogen and oxygen atoms in total. The van der Waals surface area contributed by atoms with Crippen molar-refractivity contribution in [3.63, 3.8) is 0 Å². The van der Waals surface area contributed by atoms with Crippen molar-refractivity contribution in [2.24, 2.45) is 5.92 Å². The average Bonchev–Trinajstić information content (AvgIpc) is 3.61. The highest BCUT2D eigenvalue weighted by molar-refractivity contribution is 6.32. The maximum atomic E-state index is 13.4. The van der Waals surface area contributed by atoms with E-state index in [0.717, 1.165) is 52.9 Å². The van der Waals surface area contributed by atoms with E-state index in [4.69, 9.17) is 16.3 Å². The van der Waals surface area contributed by atoms with Crippen LogP contribution in [-0.4, -0.2) is 27.6 Å². The third-order valence-electron chi connectivity index (χ3n) is 6.83. The smallest absolute Gasteiger partial charge is 0.141 e. The lowest BCUT2D eigenvalue weighted by molar-refractivity contribution is 0.306. The number of halogens is 2. The molecule has 0 aliphatic carbocycles. The molecule has 5 aromatic rings. The summed E-state index contributed by atoms with van der Waals surface area (Å²) in [6.07, 6.45) is 7.13. The first kappa shape index (κ1) is 24.4. The van der Waals surface area contributed by atoms with Crippen LogP contribution in [0.15, 0.2) is 85.5 Å². The average molecular weight is 528 g/mol. The summed E-state index contributed by atoms with van der Waals surface area (Å²) < 4.78 is 21.5. The van der Waals surface area contributed by atoms with Gasteiger partial charge < -0.3 is 19.9 Å². The molecule has 0 saturated carbocycles. The zero-order chi connectivity index (χ0) is 25.9. The molecular weight excluding hydrogens is 501 g/mol. The Bertz CT molecular complexity index is 1580. The molecule has 1 aliphatic rings. The molecule has 3 aromatic carbocycles. The minimum Gasteiger partial charge on any atom is -0.487 e. The second-order valence-electron chi connectivity index (χ2n) is 9.60. The van der Waals surface area contributed by atoms with Crippen LogP contribution >= 0.6 is 11.6 Å². The van der Waals surface area contributed by atoms with E-state index in [1.165, 1.54) is 18.6 Å². The molecule has 38 heavy (non-hydrogen) atoms. The van der Waals surface area contributed by atoms with Crippen molar-refractivity contribution < 1.29 is 9.13 Å². The van der Waals surface area contributed by atoms with Crippen LogP contribution in [0.2, 0.25) is 5.02 Å². The van der Waals surface area contributed by atoms with Gasteiger partial charge >= 0.3 is 0 Å². The van der Waals surface area contributed by atoms with Gasteiger partial charge in [-0.15, -0.1) is 0 Å². The van der Waals surface area contributed by atoms with E-state index in [1.54, 1.807) is 24.5 Å². The van der Waals surface area contributed by atoms with Gasteiger partial charge in [0.1, 0.15) is 30.3 Å². The molecule has 1 atom stereocenters. The third kappa shape index (κ3) is 5.49. The van der Waals surface area contributed by atoms with Crippen LogP contribution in [0, 0.1) is 11.7 Å². The highest BCUT2D eigenvalue weighted by Gasteiger charge is 2.15. The standard InChI is InChI=1S/C30H27ClFN5O/c31-27-14-25(5-7-29(27)38-18-20-2-1-3-24(32)12-20)36-30-26-13-22(4-6-28(26)34-19-35-30)23-9-11-37(17-23)16-21-8-10-33-15-21/h1-7,9,11-14,17,19,21,33H,8,10,15-16,18H2,(H,34,35,36)/t21-/m0/s1. The molecule has 1 aliphatic heterocycles. The Hall–Kier alpha value is -3.94. The van der Waals surface area contributed by atoms with Gasteiger partial charge in [-0.2, -0.15) is 0 Å². The Morgan fingerprint density at radius 2 is 2.00 bits per heavy atom. The zero-order valence-electron chi connectivity index (χ0n) is 20.7. The van der Waals surface area contributed by atoms with E-state index < -0.39 is 0 Å². The molecule has 0 bridgehead atoms. The third-order valence-corrected chi connectivity index (χ3v) is 7.12. The quantitative estimate of drug-likeness (QED) is 0.232. The highest BCUT2D eigenvalue weighted by atomic mass is 35.5. The van der Waals surface area contributed by atoms with E-state index in [9.17, 15) is 4.39 Å². The maximum absolute atomic E-state index is 13.4. The molecule has 0 unspecified atom stereocenters. The molecule has 1 saturated heterocycles. The van der Waals surface area contributed by atoms with Crippen LogP contribution in [0.4, 0.5) is 15.9 Å². The zero-order valence-corrected chi connectivity index (χ0v) is 21.5. The SMILES string of the molecule is Fc1cccc(COc2ccc(Nc3ncnc4ccc(-c5ccn(C[C@H]6CCNC6)c5)cc34)cc2Cl)c1. The largest absolute Gasteiger partial charge is 0.487 e. The van der Waals surface area contributed by atoms with Gasteiger partial charge in [-0.1, -0.05) is 29.8 Å². The minimum atomic E-state index is -0.295. The number of aromatic nitrogens is 3. The number of benzene rings is 3. The number of hydrogen-bond acceptors (Lipinski definition) is 5. The number of hydrogen-bond donors (Lipinski definition) is 2. The fourth-order valence-electron chi connectivity index (χ4n) is 4.85. The fraction of sp³-hybridized carbons (Fsp3) is 0.200. The summed E-state index contributed by atoms with van der Waals surface area (Å²) in [5.74, 6) is 1.60. The van der Waals surface area contributed by atoms with Gasteiger partial charge in [0.05, 0.1) is 10.5 Å². The van der Waals surface area contributed by atoms with Crippen molar-refractivity contribution in [3.05, 3.63) is 102 Å². The normalized spacial score (nSPS) is 15.2.